The monoisotopic (exact) mass is 244 g/mol. The zero-order valence-electron chi connectivity index (χ0n) is 9.02. The number of nitrogens with zero attached hydrogens (tertiary/aromatic N) is 1. The average molecular weight is 244 g/mol. The third-order valence-electron chi connectivity index (χ3n) is 2.96. The molecule has 5 nitrogen and oxygen atoms in total. The maximum Gasteiger partial charge on any atom is 0.317 e. The van der Waals surface area contributed by atoms with Gasteiger partial charge in [-0.1, -0.05) is 0 Å². The molecule has 2 N–H and O–H groups in total. The van der Waals surface area contributed by atoms with Crippen LogP contribution in [0.25, 0.3) is 0 Å². The van der Waals surface area contributed by atoms with Crippen molar-refractivity contribution < 1.29 is 14.7 Å². The minimum atomic E-state index is -0.780. The number of thioether (sulfide) groups is 1. The molecule has 2 amide bonds. The summed E-state index contributed by atoms with van der Waals surface area (Å²) in [5.41, 5.74) is 0. The minimum absolute atomic E-state index is 0.0332. The Labute approximate surface area is 98.6 Å². The molecule has 0 aromatic heterocycles. The van der Waals surface area contributed by atoms with E-state index in [1.165, 1.54) is 0 Å². The molecule has 2 aliphatic rings. The Morgan fingerprint density at radius 1 is 1.44 bits per heavy atom. The molecule has 0 spiro atoms. The molecule has 16 heavy (non-hydrogen) atoms. The second kappa shape index (κ2) is 4.95. The van der Waals surface area contributed by atoms with Crippen molar-refractivity contribution in [3.63, 3.8) is 0 Å². The van der Waals surface area contributed by atoms with Gasteiger partial charge >= 0.3 is 12.0 Å². The van der Waals surface area contributed by atoms with Gasteiger partial charge in [0.1, 0.15) is 0 Å². The van der Waals surface area contributed by atoms with Crippen molar-refractivity contribution in [2.24, 2.45) is 5.92 Å². The van der Waals surface area contributed by atoms with Crippen molar-refractivity contribution in [2.45, 2.75) is 18.9 Å². The van der Waals surface area contributed by atoms with Crippen LogP contribution < -0.4 is 5.32 Å². The molecular weight excluding hydrogens is 228 g/mol. The van der Waals surface area contributed by atoms with E-state index < -0.39 is 5.97 Å². The third-order valence-corrected chi connectivity index (χ3v) is 4.13. The van der Waals surface area contributed by atoms with Gasteiger partial charge in [-0.15, -0.1) is 0 Å². The Morgan fingerprint density at radius 2 is 2.19 bits per heavy atom. The van der Waals surface area contributed by atoms with Crippen LogP contribution in [0.15, 0.2) is 0 Å². The lowest BCUT2D eigenvalue weighted by Gasteiger charge is -2.39. The first-order valence-corrected chi connectivity index (χ1v) is 6.65. The summed E-state index contributed by atoms with van der Waals surface area (Å²) in [5.74, 6) is 1.48. The number of carbonyl (C=O) groups excluding carboxylic acids is 1. The van der Waals surface area contributed by atoms with E-state index in [2.05, 4.69) is 5.32 Å². The first-order chi connectivity index (χ1) is 7.65. The van der Waals surface area contributed by atoms with Crippen LogP contribution in [0.5, 0.6) is 0 Å². The van der Waals surface area contributed by atoms with Crippen molar-refractivity contribution in [1.29, 1.82) is 0 Å². The summed E-state index contributed by atoms with van der Waals surface area (Å²) in [6, 6.07) is 0.269. The van der Waals surface area contributed by atoms with Crippen molar-refractivity contribution in [2.75, 3.05) is 24.6 Å². The van der Waals surface area contributed by atoms with Gasteiger partial charge in [0.2, 0.25) is 0 Å². The summed E-state index contributed by atoms with van der Waals surface area (Å²) in [6.45, 7) is 1.16. The van der Waals surface area contributed by atoms with Crippen LogP contribution in [-0.2, 0) is 4.79 Å². The maximum absolute atomic E-state index is 11.7. The molecular formula is C10H16N2O3S. The quantitative estimate of drug-likeness (QED) is 0.763. The number of carbonyl (C=O) groups is 2. The van der Waals surface area contributed by atoms with Gasteiger partial charge < -0.3 is 15.3 Å². The van der Waals surface area contributed by atoms with Crippen LogP contribution in [0, 0.1) is 5.92 Å². The summed E-state index contributed by atoms with van der Waals surface area (Å²) in [6.07, 6.45) is 1.21. The average Bonchev–Trinajstić information content (AvgIpc) is 2.62. The normalized spacial score (nSPS) is 25.2. The maximum atomic E-state index is 11.7. The van der Waals surface area contributed by atoms with E-state index in [9.17, 15) is 9.59 Å². The number of nitrogens with one attached hydrogen (secondary N) is 1. The number of hydrogen-bond donors (Lipinski definition) is 2. The number of rotatable bonds is 3. The van der Waals surface area contributed by atoms with Crippen molar-refractivity contribution in [3.8, 4) is 0 Å². The number of hydrogen-bond acceptors (Lipinski definition) is 3. The number of likely N-dealkylation sites (tertiary alicyclic amines) is 1. The molecule has 0 aliphatic carbocycles. The number of aliphatic carboxylic acids is 1. The molecule has 0 aromatic rings. The highest BCUT2D eigenvalue weighted by molar-refractivity contribution is 7.99. The van der Waals surface area contributed by atoms with E-state index >= 15 is 0 Å². The Kier molecular flexibility index (Phi) is 3.58. The van der Waals surface area contributed by atoms with Crippen molar-refractivity contribution >= 4 is 23.8 Å². The van der Waals surface area contributed by atoms with Gasteiger partial charge in [-0.25, -0.2) is 4.79 Å². The van der Waals surface area contributed by atoms with Gasteiger partial charge in [0.25, 0.3) is 0 Å². The van der Waals surface area contributed by atoms with E-state index in [-0.39, 0.29) is 18.4 Å². The van der Waals surface area contributed by atoms with E-state index in [1.807, 2.05) is 11.8 Å². The lowest BCUT2D eigenvalue weighted by atomic mass is 9.97. The Bertz CT molecular complexity index is 286. The van der Waals surface area contributed by atoms with Crippen LogP contribution in [-0.4, -0.2) is 52.6 Å². The number of amides is 2. The first kappa shape index (κ1) is 11.6. The topological polar surface area (TPSA) is 69.6 Å². The summed E-state index contributed by atoms with van der Waals surface area (Å²) in [7, 11) is 0. The molecule has 2 saturated heterocycles. The molecule has 1 atom stereocenters. The number of carboxylic acid groups (broad SMARTS) is 1. The van der Waals surface area contributed by atoms with Crippen molar-refractivity contribution in [1.82, 2.24) is 10.2 Å². The van der Waals surface area contributed by atoms with Gasteiger partial charge in [0.15, 0.2) is 0 Å². The van der Waals surface area contributed by atoms with Crippen LogP contribution in [0.4, 0.5) is 4.79 Å². The van der Waals surface area contributed by atoms with Crippen molar-refractivity contribution in [3.05, 3.63) is 0 Å². The summed E-state index contributed by atoms with van der Waals surface area (Å²) in [4.78, 5) is 23.8. The summed E-state index contributed by atoms with van der Waals surface area (Å²) < 4.78 is 0. The fourth-order valence-electron chi connectivity index (χ4n) is 2.03. The number of urea groups is 1. The second-order valence-corrected chi connectivity index (χ2v) is 5.53. The van der Waals surface area contributed by atoms with Gasteiger partial charge in [-0.2, -0.15) is 11.8 Å². The van der Waals surface area contributed by atoms with Gasteiger partial charge in [-0.3, -0.25) is 4.79 Å². The predicted molar refractivity (Wildman–Crippen MR) is 61.6 cm³/mol. The van der Waals surface area contributed by atoms with E-state index in [1.54, 1.807) is 4.90 Å². The molecule has 0 aromatic carbocycles. The minimum Gasteiger partial charge on any atom is -0.481 e. The van der Waals surface area contributed by atoms with Gasteiger partial charge in [0, 0.05) is 30.8 Å². The van der Waals surface area contributed by atoms with Crippen LogP contribution >= 0.6 is 11.8 Å². The highest BCUT2D eigenvalue weighted by Gasteiger charge is 2.33. The molecule has 2 fully saturated rings. The predicted octanol–water partition coefficient (Wildman–Crippen LogP) is 0.608. The van der Waals surface area contributed by atoms with E-state index in [0.717, 1.165) is 17.9 Å². The Hall–Kier alpha value is -0.910. The smallest absolute Gasteiger partial charge is 0.317 e. The zero-order chi connectivity index (χ0) is 11.5. The highest BCUT2D eigenvalue weighted by Crippen LogP contribution is 2.21. The second-order valence-electron chi connectivity index (χ2n) is 4.38. The summed E-state index contributed by atoms with van der Waals surface area (Å²) in [5, 5.41) is 11.6. The molecule has 0 bridgehead atoms. The largest absolute Gasteiger partial charge is 0.481 e. The lowest BCUT2D eigenvalue weighted by Crippen LogP contribution is -2.55. The standard InChI is InChI=1S/C10H16N2O3S/c13-9(14)3-7-4-12(5-7)10(15)11-8-1-2-16-6-8/h7-8H,1-6H2,(H,11,15)(H,13,14). The molecule has 1 unspecified atom stereocenters. The Morgan fingerprint density at radius 3 is 2.75 bits per heavy atom. The highest BCUT2D eigenvalue weighted by atomic mass is 32.2. The number of carboxylic acids is 1. The molecule has 0 saturated carbocycles. The lowest BCUT2D eigenvalue weighted by molar-refractivity contribution is -0.139. The van der Waals surface area contributed by atoms with Gasteiger partial charge in [-0.05, 0) is 12.2 Å². The van der Waals surface area contributed by atoms with Gasteiger partial charge in [0.05, 0.1) is 6.42 Å². The Balaban J connectivity index is 1.66. The molecule has 2 aliphatic heterocycles. The molecule has 90 valence electrons. The SMILES string of the molecule is O=C(O)CC1CN(C(=O)NC2CCSC2)C1. The molecule has 2 rings (SSSR count). The van der Waals surface area contributed by atoms with Crippen LogP contribution in [0.2, 0.25) is 0 Å². The molecule has 0 radical (unpaired) electrons. The fraction of sp³-hybridized carbons (Fsp3) is 0.800. The summed E-state index contributed by atoms with van der Waals surface area (Å²) >= 11 is 1.86. The third kappa shape index (κ3) is 2.81. The van der Waals surface area contributed by atoms with Crippen LogP contribution in [0.1, 0.15) is 12.8 Å². The van der Waals surface area contributed by atoms with E-state index in [0.29, 0.717) is 19.1 Å². The first-order valence-electron chi connectivity index (χ1n) is 5.50. The van der Waals surface area contributed by atoms with E-state index in [4.69, 9.17) is 5.11 Å². The fourth-order valence-corrected chi connectivity index (χ4v) is 3.18. The molecule has 2 heterocycles. The van der Waals surface area contributed by atoms with Crippen LogP contribution in [0.3, 0.4) is 0 Å². The zero-order valence-corrected chi connectivity index (χ0v) is 9.83. The molecule has 6 heteroatoms.